The number of aliphatic hydroxyl groups excluding tert-OH is 1. The van der Waals surface area contributed by atoms with Crippen molar-refractivity contribution < 1.29 is 14.3 Å². The zero-order valence-corrected chi connectivity index (χ0v) is 13.7. The molecule has 0 fully saturated rings. The number of amides is 1. The van der Waals surface area contributed by atoms with Crippen molar-refractivity contribution in [3.63, 3.8) is 0 Å². The average molecular weight is 338 g/mol. The monoisotopic (exact) mass is 337 g/mol. The van der Waals surface area contributed by atoms with Crippen molar-refractivity contribution in [2.45, 2.75) is 26.2 Å². The van der Waals surface area contributed by atoms with E-state index in [0.717, 1.165) is 5.56 Å². The molecule has 0 aliphatic heterocycles. The Labute approximate surface area is 139 Å². The van der Waals surface area contributed by atoms with E-state index in [0.29, 0.717) is 36.2 Å². The Morgan fingerprint density at radius 1 is 1.35 bits per heavy atom. The number of aryl methyl sites for hydroxylation is 1. The van der Waals surface area contributed by atoms with Crippen LogP contribution in [0.15, 0.2) is 28.7 Å². The first-order valence-electron chi connectivity index (χ1n) is 7.54. The summed E-state index contributed by atoms with van der Waals surface area (Å²) in [6.45, 7) is 2.67. The third-order valence-corrected chi connectivity index (χ3v) is 3.65. The van der Waals surface area contributed by atoms with Gasteiger partial charge in [0.05, 0.1) is 0 Å². The molecule has 23 heavy (non-hydrogen) atoms. The van der Waals surface area contributed by atoms with E-state index in [9.17, 15) is 4.79 Å². The van der Waals surface area contributed by atoms with Crippen LogP contribution in [0.5, 0.6) is 0 Å². The average Bonchev–Trinajstić information content (AvgIpc) is 3.01. The number of rotatable bonds is 8. The quantitative estimate of drug-likeness (QED) is 0.772. The summed E-state index contributed by atoms with van der Waals surface area (Å²) in [5.41, 5.74) is 0.787. The molecule has 2 N–H and O–H groups in total. The first-order valence-corrected chi connectivity index (χ1v) is 7.92. The van der Waals surface area contributed by atoms with Crippen molar-refractivity contribution in [3.8, 4) is 11.5 Å². The Morgan fingerprint density at radius 3 is 2.78 bits per heavy atom. The summed E-state index contributed by atoms with van der Waals surface area (Å²) in [6.07, 6.45) is 1.35. The number of hydrogen-bond donors (Lipinski definition) is 2. The molecule has 0 aliphatic rings. The third kappa shape index (κ3) is 5.65. The summed E-state index contributed by atoms with van der Waals surface area (Å²) in [5.74, 6) is 1.02. The maximum absolute atomic E-state index is 11.8. The second kappa shape index (κ2) is 8.64. The van der Waals surface area contributed by atoms with Gasteiger partial charge in [0.1, 0.15) is 0 Å². The third-order valence-electron chi connectivity index (χ3n) is 3.39. The molecular weight excluding hydrogens is 318 g/mol. The lowest BCUT2D eigenvalue weighted by Gasteiger charge is -2.10. The minimum absolute atomic E-state index is 0.0685. The van der Waals surface area contributed by atoms with Gasteiger partial charge in [-0.25, -0.2) is 0 Å². The van der Waals surface area contributed by atoms with Gasteiger partial charge in [-0.1, -0.05) is 18.5 Å². The highest BCUT2D eigenvalue weighted by molar-refractivity contribution is 6.30. The molecule has 0 saturated carbocycles. The lowest BCUT2D eigenvalue weighted by molar-refractivity contribution is -0.121. The molecule has 1 unspecified atom stereocenters. The van der Waals surface area contributed by atoms with Gasteiger partial charge < -0.3 is 14.8 Å². The molecule has 6 nitrogen and oxygen atoms in total. The molecule has 124 valence electrons. The summed E-state index contributed by atoms with van der Waals surface area (Å²) in [4.78, 5) is 11.8. The summed E-state index contributed by atoms with van der Waals surface area (Å²) in [6, 6.07) is 7.10. The molecule has 7 heteroatoms. The van der Waals surface area contributed by atoms with Crippen molar-refractivity contribution in [1.82, 2.24) is 15.5 Å². The van der Waals surface area contributed by atoms with Crippen molar-refractivity contribution in [1.29, 1.82) is 0 Å². The molecule has 1 heterocycles. The van der Waals surface area contributed by atoms with Gasteiger partial charge in [-0.15, -0.1) is 10.2 Å². The lowest BCUT2D eigenvalue weighted by atomic mass is 10.1. The highest BCUT2D eigenvalue weighted by Crippen LogP contribution is 2.20. The highest BCUT2D eigenvalue weighted by Gasteiger charge is 2.11. The molecule has 1 atom stereocenters. The largest absolute Gasteiger partial charge is 0.421 e. The number of hydrogen-bond acceptors (Lipinski definition) is 5. The van der Waals surface area contributed by atoms with Crippen molar-refractivity contribution in [2.75, 3.05) is 13.2 Å². The molecule has 2 aromatic rings. The van der Waals surface area contributed by atoms with E-state index in [1.165, 1.54) is 0 Å². The standard InChI is InChI=1S/C16H20ClN3O3/c1-11(8-9-21)10-18-14(22)6-7-15-19-20-16(23-15)12-2-4-13(17)5-3-12/h2-5,11,21H,6-10H2,1H3,(H,18,22). The van der Waals surface area contributed by atoms with Crippen LogP contribution < -0.4 is 5.32 Å². The predicted octanol–water partition coefficient (Wildman–Crippen LogP) is 2.46. The van der Waals surface area contributed by atoms with Crippen LogP contribution in [0, 0.1) is 5.92 Å². The van der Waals surface area contributed by atoms with Crippen LogP contribution in [0.3, 0.4) is 0 Å². The van der Waals surface area contributed by atoms with Crippen LogP contribution in [0.4, 0.5) is 0 Å². The molecule has 1 aromatic heterocycles. The zero-order chi connectivity index (χ0) is 16.7. The number of aromatic nitrogens is 2. The molecule has 1 aromatic carbocycles. The molecule has 1 amide bonds. The first-order chi connectivity index (χ1) is 11.1. The summed E-state index contributed by atoms with van der Waals surface area (Å²) in [5, 5.41) is 20.2. The summed E-state index contributed by atoms with van der Waals surface area (Å²) < 4.78 is 5.55. The van der Waals surface area contributed by atoms with Gasteiger partial charge in [0.25, 0.3) is 0 Å². The van der Waals surface area contributed by atoms with E-state index in [-0.39, 0.29) is 24.9 Å². The van der Waals surface area contributed by atoms with E-state index < -0.39 is 0 Å². The van der Waals surface area contributed by atoms with Crippen LogP contribution in [0.2, 0.25) is 5.02 Å². The Hall–Kier alpha value is -1.92. The Bertz CT molecular complexity index is 628. The van der Waals surface area contributed by atoms with Crippen LogP contribution >= 0.6 is 11.6 Å². The van der Waals surface area contributed by atoms with Crippen molar-refractivity contribution in [2.24, 2.45) is 5.92 Å². The second-order valence-corrected chi connectivity index (χ2v) is 5.87. The van der Waals surface area contributed by atoms with Crippen LogP contribution in [0.25, 0.3) is 11.5 Å². The first kappa shape index (κ1) is 17.4. The summed E-state index contributed by atoms with van der Waals surface area (Å²) >= 11 is 5.84. The maximum atomic E-state index is 11.8. The predicted molar refractivity (Wildman–Crippen MR) is 86.9 cm³/mol. The van der Waals surface area contributed by atoms with Crippen LogP contribution in [-0.2, 0) is 11.2 Å². The fourth-order valence-electron chi connectivity index (χ4n) is 1.98. The van der Waals surface area contributed by atoms with Crippen LogP contribution in [-0.4, -0.2) is 34.4 Å². The van der Waals surface area contributed by atoms with Gasteiger partial charge in [-0.2, -0.15) is 0 Å². The molecule has 0 aliphatic carbocycles. The molecule has 2 rings (SSSR count). The fraction of sp³-hybridized carbons (Fsp3) is 0.438. The van der Waals surface area contributed by atoms with Crippen molar-refractivity contribution in [3.05, 3.63) is 35.2 Å². The highest BCUT2D eigenvalue weighted by atomic mass is 35.5. The Balaban J connectivity index is 1.80. The zero-order valence-electron chi connectivity index (χ0n) is 13.0. The minimum atomic E-state index is -0.0685. The molecule has 0 saturated heterocycles. The smallest absolute Gasteiger partial charge is 0.247 e. The van der Waals surface area contributed by atoms with E-state index in [1.54, 1.807) is 24.3 Å². The fourth-order valence-corrected chi connectivity index (χ4v) is 2.11. The van der Waals surface area contributed by atoms with Gasteiger partial charge in [0.2, 0.25) is 17.7 Å². The van der Waals surface area contributed by atoms with Gasteiger partial charge >= 0.3 is 0 Å². The minimum Gasteiger partial charge on any atom is -0.421 e. The number of carbonyl (C=O) groups excluding carboxylic acids is 1. The number of nitrogens with zero attached hydrogens (tertiary/aromatic N) is 2. The molecular formula is C16H20ClN3O3. The number of halogens is 1. The van der Waals surface area contributed by atoms with Gasteiger partial charge in [-0.3, -0.25) is 4.79 Å². The Kier molecular flexibility index (Phi) is 6.55. The Morgan fingerprint density at radius 2 is 2.09 bits per heavy atom. The molecule has 0 spiro atoms. The van der Waals surface area contributed by atoms with E-state index in [2.05, 4.69) is 15.5 Å². The van der Waals surface area contributed by atoms with E-state index >= 15 is 0 Å². The SMILES string of the molecule is CC(CCO)CNC(=O)CCc1nnc(-c2ccc(Cl)cc2)o1. The maximum Gasteiger partial charge on any atom is 0.247 e. The number of carbonyl (C=O) groups is 1. The molecule has 0 bridgehead atoms. The van der Waals surface area contributed by atoms with Gasteiger partial charge in [0.15, 0.2) is 0 Å². The van der Waals surface area contributed by atoms with Gasteiger partial charge in [-0.05, 0) is 36.6 Å². The number of aliphatic hydroxyl groups is 1. The van der Waals surface area contributed by atoms with Crippen molar-refractivity contribution >= 4 is 17.5 Å². The topological polar surface area (TPSA) is 88.2 Å². The van der Waals surface area contributed by atoms with Crippen LogP contribution in [0.1, 0.15) is 25.7 Å². The van der Waals surface area contributed by atoms with E-state index in [4.69, 9.17) is 21.1 Å². The van der Waals surface area contributed by atoms with Gasteiger partial charge in [0, 0.05) is 36.6 Å². The normalized spacial score (nSPS) is 12.1. The van der Waals surface area contributed by atoms with E-state index in [1.807, 2.05) is 6.92 Å². The number of benzene rings is 1. The second-order valence-electron chi connectivity index (χ2n) is 5.43. The molecule has 0 radical (unpaired) electrons. The lowest BCUT2D eigenvalue weighted by Crippen LogP contribution is -2.28. The number of nitrogens with one attached hydrogen (secondary N) is 1. The summed E-state index contributed by atoms with van der Waals surface area (Å²) in [7, 11) is 0.